The van der Waals surface area contributed by atoms with Crippen molar-refractivity contribution in [2.45, 2.75) is 12.8 Å². The molecule has 0 aliphatic rings. The third-order valence-corrected chi connectivity index (χ3v) is 2.74. The predicted octanol–water partition coefficient (Wildman–Crippen LogP) is 2.52. The van der Waals surface area contributed by atoms with Gasteiger partial charge in [-0.2, -0.15) is 0 Å². The minimum atomic E-state index is -1.25. The fourth-order valence-corrected chi connectivity index (χ4v) is 1.91. The number of carboxylic acids is 2. The van der Waals surface area contributed by atoms with Crippen molar-refractivity contribution in [3.05, 3.63) is 60.2 Å². The van der Waals surface area contributed by atoms with E-state index in [1.54, 1.807) is 6.08 Å². The van der Waals surface area contributed by atoms with Gasteiger partial charge in [-0.25, -0.2) is 9.59 Å². The molecule has 19 heavy (non-hydrogen) atoms. The van der Waals surface area contributed by atoms with E-state index >= 15 is 0 Å². The molecule has 0 heterocycles. The Morgan fingerprint density at radius 3 is 2.32 bits per heavy atom. The molecule has 0 saturated carbocycles. The minimum Gasteiger partial charge on any atom is -0.478 e. The second kappa shape index (κ2) is 7.16. The third kappa shape index (κ3) is 4.79. The quantitative estimate of drug-likeness (QED) is 0.583. The maximum absolute atomic E-state index is 11.2. The van der Waals surface area contributed by atoms with Gasteiger partial charge < -0.3 is 10.2 Å². The maximum Gasteiger partial charge on any atom is 0.332 e. The second-order valence-corrected chi connectivity index (χ2v) is 4.15. The fraction of sp³-hybridized carbons (Fsp3) is 0.200. The third-order valence-electron chi connectivity index (χ3n) is 2.74. The molecule has 0 bridgehead atoms. The van der Waals surface area contributed by atoms with E-state index in [-0.39, 0.29) is 5.57 Å². The molecule has 1 aromatic carbocycles. The molecule has 0 fully saturated rings. The van der Waals surface area contributed by atoms with Gasteiger partial charge in [0.1, 0.15) is 0 Å². The van der Waals surface area contributed by atoms with Crippen molar-refractivity contribution in [1.29, 1.82) is 0 Å². The molecule has 1 rings (SSSR count). The molecular weight excluding hydrogens is 244 g/mol. The lowest BCUT2D eigenvalue weighted by Crippen LogP contribution is -2.16. The van der Waals surface area contributed by atoms with E-state index in [0.717, 1.165) is 11.6 Å². The van der Waals surface area contributed by atoms with Crippen LogP contribution in [0.15, 0.2) is 54.6 Å². The molecule has 0 spiro atoms. The summed E-state index contributed by atoms with van der Waals surface area (Å²) in [7, 11) is 0. The highest BCUT2D eigenvalue weighted by Gasteiger charge is 2.21. The highest BCUT2D eigenvalue weighted by Crippen LogP contribution is 2.21. The van der Waals surface area contributed by atoms with Gasteiger partial charge in [0, 0.05) is 11.6 Å². The Morgan fingerprint density at radius 1 is 1.21 bits per heavy atom. The van der Waals surface area contributed by atoms with Crippen molar-refractivity contribution in [1.82, 2.24) is 0 Å². The Bertz CT molecular complexity index is 488. The van der Waals surface area contributed by atoms with Crippen molar-refractivity contribution in [3.63, 3.8) is 0 Å². The van der Waals surface area contributed by atoms with Crippen LogP contribution in [0.4, 0.5) is 0 Å². The van der Waals surface area contributed by atoms with Crippen LogP contribution in [-0.2, 0) is 16.0 Å². The summed E-state index contributed by atoms with van der Waals surface area (Å²) < 4.78 is 0. The molecular formula is C15H16O4. The fourth-order valence-electron chi connectivity index (χ4n) is 1.91. The molecule has 0 amide bonds. The summed E-state index contributed by atoms with van der Waals surface area (Å²) in [6.07, 6.45) is 3.25. The van der Waals surface area contributed by atoms with Gasteiger partial charge in [0.25, 0.3) is 0 Å². The lowest BCUT2D eigenvalue weighted by Gasteiger charge is -2.15. The highest BCUT2D eigenvalue weighted by atomic mass is 16.4. The monoisotopic (exact) mass is 260 g/mol. The zero-order valence-electron chi connectivity index (χ0n) is 10.5. The Hall–Kier alpha value is -2.36. The topological polar surface area (TPSA) is 74.6 Å². The van der Waals surface area contributed by atoms with Gasteiger partial charge in [-0.15, -0.1) is 6.58 Å². The standard InChI is InChI=1S/C15H16O4/c1-2-6-12(9-11-7-4-3-5-8-11)13(15(18)19)10-14(16)17/h2-5,7-8,10,12H,1,6,9H2,(H,16,17)(H,18,19). The van der Waals surface area contributed by atoms with Gasteiger partial charge in [-0.3, -0.25) is 0 Å². The summed E-state index contributed by atoms with van der Waals surface area (Å²) in [5.74, 6) is -2.85. The van der Waals surface area contributed by atoms with Crippen molar-refractivity contribution >= 4 is 11.9 Å². The molecule has 1 atom stereocenters. The van der Waals surface area contributed by atoms with Crippen molar-refractivity contribution < 1.29 is 19.8 Å². The number of benzene rings is 1. The van der Waals surface area contributed by atoms with Gasteiger partial charge in [0.05, 0.1) is 0 Å². The molecule has 0 aromatic heterocycles. The van der Waals surface area contributed by atoms with E-state index in [1.165, 1.54) is 0 Å². The van der Waals surface area contributed by atoms with Crippen LogP contribution in [0.5, 0.6) is 0 Å². The first-order valence-corrected chi connectivity index (χ1v) is 5.87. The number of aliphatic carboxylic acids is 2. The molecule has 2 N–H and O–H groups in total. The lowest BCUT2D eigenvalue weighted by atomic mass is 9.88. The predicted molar refractivity (Wildman–Crippen MR) is 71.8 cm³/mol. The SMILES string of the molecule is C=CCC(Cc1ccccc1)C(=CC(=O)O)C(=O)O. The molecule has 4 nitrogen and oxygen atoms in total. The molecule has 4 heteroatoms. The summed E-state index contributed by atoms with van der Waals surface area (Å²) in [5.41, 5.74) is 0.864. The second-order valence-electron chi connectivity index (χ2n) is 4.15. The van der Waals surface area contributed by atoms with Crippen LogP contribution in [0.25, 0.3) is 0 Å². The normalized spacial score (nSPS) is 12.7. The Kier molecular flexibility index (Phi) is 5.54. The summed E-state index contributed by atoms with van der Waals surface area (Å²) in [6.45, 7) is 3.60. The molecule has 1 aromatic rings. The average molecular weight is 260 g/mol. The van der Waals surface area contributed by atoms with Crippen molar-refractivity contribution in [2.75, 3.05) is 0 Å². The molecule has 0 radical (unpaired) electrons. The number of carbonyl (C=O) groups is 2. The molecule has 1 unspecified atom stereocenters. The van der Waals surface area contributed by atoms with Crippen LogP contribution in [0.1, 0.15) is 12.0 Å². The van der Waals surface area contributed by atoms with Crippen LogP contribution in [0.2, 0.25) is 0 Å². The number of carboxylic acid groups (broad SMARTS) is 2. The summed E-state index contributed by atoms with van der Waals surface area (Å²) >= 11 is 0. The van der Waals surface area contributed by atoms with E-state index in [1.807, 2.05) is 30.3 Å². The van der Waals surface area contributed by atoms with Gasteiger partial charge in [0.2, 0.25) is 0 Å². The van der Waals surface area contributed by atoms with Crippen LogP contribution in [-0.4, -0.2) is 22.2 Å². The van der Waals surface area contributed by atoms with Gasteiger partial charge in [-0.1, -0.05) is 36.4 Å². The Labute approximate surface area is 111 Å². The van der Waals surface area contributed by atoms with Crippen LogP contribution < -0.4 is 0 Å². The molecule has 0 aliphatic heterocycles. The molecule has 0 aliphatic carbocycles. The summed E-state index contributed by atoms with van der Waals surface area (Å²) in [4.78, 5) is 21.9. The lowest BCUT2D eigenvalue weighted by molar-refractivity contribution is -0.135. The van der Waals surface area contributed by atoms with E-state index in [9.17, 15) is 9.59 Å². The zero-order valence-corrected chi connectivity index (χ0v) is 10.5. The smallest absolute Gasteiger partial charge is 0.332 e. The molecule has 100 valence electrons. The van der Waals surface area contributed by atoms with Gasteiger partial charge in [0.15, 0.2) is 0 Å². The van der Waals surface area contributed by atoms with E-state index in [0.29, 0.717) is 12.8 Å². The largest absolute Gasteiger partial charge is 0.478 e. The summed E-state index contributed by atoms with van der Waals surface area (Å²) in [6, 6.07) is 9.37. The van der Waals surface area contributed by atoms with Crippen LogP contribution >= 0.6 is 0 Å². The first-order valence-electron chi connectivity index (χ1n) is 5.87. The van der Waals surface area contributed by atoms with Gasteiger partial charge >= 0.3 is 11.9 Å². The first-order chi connectivity index (χ1) is 9.04. The van der Waals surface area contributed by atoms with Gasteiger partial charge in [-0.05, 0) is 24.3 Å². The first kappa shape index (κ1) is 14.7. The van der Waals surface area contributed by atoms with Crippen molar-refractivity contribution in [2.24, 2.45) is 5.92 Å². The van der Waals surface area contributed by atoms with E-state index in [4.69, 9.17) is 10.2 Å². The zero-order chi connectivity index (χ0) is 14.3. The minimum absolute atomic E-state index is 0.101. The van der Waals surface area contributed by atoms with E-state index in [2.05, 4.69) is 6.58 Å². The highest BCUT2D eigenvalue weighted by molar-refractivity contribution is 5.95. The number of rotatable bonds is 7. The Balaban J connectivity index is 3.01. The number of allylic oxidation sites excluding steroid dienone is 1. The Morgan fingerprint density at radius 2 is 1.84 bits per heavy atom. The molecule has 0 saturated heterocycles. The van der Waals surface area contributed by atoms with Crippen LogP contribution in [0.3, 0.4) is 0 Å². The average Bonchev–Trinajstić information content (AvgIpc) is 2.36. The van der Waals surface area contributed by atoms with Crippen LogP contribution in [0, 0.1) is 5.92 Å². The maximum atomic E-state index is 11.2. The van der Waals surface area contributed by atoms with Crippen molar-refractivity contribution in [3.8, 4) is 0 Å². The number of hydrogen-bond acceptors (Lipinski definition) is 2. The summed E-state index contributed by atoms with van der Waals surface area (Å²) in [5, 5.41) is 17.9. The number of hydrogen-bond donors (Lipinski definition) is 2. The van der Waals surface area contributed by atoms with E-state index < -0.39 is 17.9 Å².